The molecule has 0 spiro atoms. The Morgan fingerprint density at radius 1 is 1.17 bits per heavy atom. The highest BCUT2D eigenvalue weighted by molar-refractivity contribution is 6.01. The highest BCUT2D eigenvalue weighted by Crippen LogP contribution is 2.22. The number of hydrogen-bond donors (Lipinski definition) is 3. The maximum absolute atomic E-state index is 12.2. The molecule has 0 saturated heterocycles. The maximum atomic E-state index is 12.2. The normalized spacial score (nSPS) is 12.3. The van der Waals surface area contributed by atoms with E-state index < -0.39 is 5.91 Å². The fourth-order valence-corrected chi connectivity index (χ4v) is 2.12. The third kappa shape index (κ3) is 4.35. The summed E-state index contributed by atoms with van der Waals surface area (Å²) in [6, 6.07) is 14.8. The van der Waals surface area contributed by atoms with Crippen molar-refractivity contribution in [1.82, 2.24) is 5.32 Å². The fourth-order valence-electron chi connectivity index (χ4n) is 2.12. The van der Waals surface area contributed by atoms with Gasteiger partial charge in [-0.05, 0) is 36.3 Å². The minimum Gasteiger partial charge on any atom is -0.508 e. The Balaban J connectivity index is 2.18. The molecule has 0 radical (unpaired) electrons. The van der Waals surface area contributed by atoms with E-state index in [0.29, 0.717) is 5.56 Å². The standard InChI is InChI=1S/C18H16N2O3/c1-12(14-5-3-2-4-6-14)20-18(23)15(11-19)7-13-8-16(21)10-17(22)9-13/h2-10,12,21-22H,1H3,(H,20,23). The van der Waals surface area contributed by atoms with Crippen molar-refractivity contribution in [2.75, 3.05) is 0 Å². The molecular weight excluding hydrogens is 292 g/mol. The molecule has 0 saturated carbocycles. The van der Waals surface area contributed by atoms with Crippen LogP contribution in [0.1, 0.15) is 24.1 Å². The van der Waals surface area contributed by atoms with Gasteiger partial charge in [0.1, 0.15) is 23.1 Å². The van der Waals surface area contributed by atoms with Crippen molar-refractivity contribution in [2.45, 2.75) is 13.0 Å². The number of nitrogens with zero attached hydrogens (tertiary/aromatic N) is 1. The first-order chi connectivity index (χ1) is 11.0. The van der Waals surface area contributed by atoms with Crippen LogP contribution in [0.2, 0.25) is 0 Å². The number of phenolic OH excluding ortho intramolecular Hbond substituents is 2. The summed E-state index contributed by atoms with van der Waals surface area (Å²) in [6.07, 6.45) is 1.31. The minimum atomic E-state index is -0.522. The topological polar surface area (TPSA) is 93.4 Å². The molecule has 5 heteroatoms. The van der Waals surface area contributed by atoms with Gasteiger partial charge in [0.2, 0.25) is 0 Å². The number of rotatable bonds is 4. The van der Waals surface area contributed by atoms with E-state index in [1.165, 1.54) is 24.3 Å². The van der Waals surface area contributed by atoms with Crippen LogP contribution in [-0.2, 0) is 4.79 Å². The van der Waals surface area contributed by atoms with E-state index >= 15 is 0 Å². The van der Waals surface area contributed by atoms with E-state index in [-0.39, 0.29) is 23.1 Å². The molecule has 5 nitrogen and oxygen atoms in total. The quantitative estimate of drug-likeness (QED) is 0.598. The molecule has 2 rings (SSSR count). The maximum Gasteiger partial charge on any atom is 0.262 e. The van der Waals surface area contributed by atoms with E-state index in [1.54, 1.807) is 0 Å². The summed E-state index contributed by atoms with van der Waals surface area (Å²) in [4.78, 5) is 12.2. The number of amides is 1. The number of benzene rings is 2. The lowest BCUT2D eigenvalue weighted by atomic mass is 10.1. The first kappa shape index (κ1) is 16.1. The van der Waals surface area contributed by atoms with E-state index in [2.05, 4.69) is 5.32 Å². The summed E-state index contributed by atoms with van der Waals surface area (Å²) in [7, 11) is 0. The van der Waals surface area contributed by atoms with Crippen LogP contribution < -0.4 is 5.32 Å². The molecule has 0 aliphatic carbocycles. The van der Waals surface area contributed by atoms with Crippen molar-refractivity contribution in [3.63, 3.8) is 0 Å². The zero-order valence-electron chi connectivity index (χ0n) is 12.5. The largest absolute Gasteiger partial charge is 0.508 e. The predicted octanol–water partition coefficient (Wildman–Crippen LogP) is 2.88. The van der Waals surface area contributed by atoms with Crippen LogP contribution in [-0.4, -0.2) is 16.1 Å². The van der Waals surface area contributed by atoms with Gasteiger partial charge in [0.25, 0.3) is 5.91 Å². The smallest absolute Gasteiger partial charge is 0.262 e. The average molecular weight is 308 g/mol. The van der Waals surface area contributed by atoms with Crippen LogP contribution >= 0.6 is 0 Å². The monoisotopic (exact) mass is 308 g/mol. The summed E-state index contributed by atoms with van der Waals surface area (Å²) in [6.45, 7) is 1.82. The van der Waals surface area contributed by atoms with Crippen molar-refractivity contribution < 1.29 is 15.0 Å². The summed E-state index contributed by atoms with van der Waals surface area (Å²) in [5.74, 6) is -0.815. The molecule has 1 amide bonds. The number of phenols is 2. The lowest BCUT2D eigenvalue weighted by Gasteiger charge is -2.13. The van der Waals surface area contributed by atoms with Crippen molar-refractivity contribution in [2.24, 2.45) is 0 Å². The van der Waals surface area contributed by atoms with E-state index in [9.17, 15) is 20.3 Å². The van der Waals surface area contributed by atoms with Gasteiger partial charge < -0.3 is 15.5 Å². The van der Waals surface area contributed by atoms with E-state index in [1.807, 2.05) is 43.3 Å². The molecule has 2 aromatic carbocycles. The third-order valence-corrected chi connectivity index (χ3v) is 3.25. The SMILES string of the molecule is CC(NC(=O)C(C#N)=Cc1cc(O)cc(O)c1)c1ccccc1. The van der Waals surface area contributed by atoms with Gasteiger partial charge in [0.05, 0.1) is 6.04 Å². The van der Waals surface area contributed by atoms with Crippen molar-refractivity contribution in [3.05, 3.63) is 65.2 Å². The van der Waals surface area contributed by atoms with Crippen molar-refractivity contribution in [1.29, 1.82) is 5.26 Å². The molecule has 2 aromatic rings. The average Bonchev–Trinajstić information content (AvgIpc) is 2.52. The first-order valence-electron chi connectivity index (χ1n) is 7.00. The Labute approximate surface area is 134 Å². The number of carbonyl (C=O) groups excluding carboxylic acids is 1. The molecule has 23 heavy (non-hydrogen) atoms. The van der Waals surface area contributed by atoms with Gasteiger partial charge >= 0.3 is 0 Å². The lowest BCUT2D eigenvalue weighted by molar-refractivity contribution is -0.117. The van der Waals surface area contributed by atoms with Gasteiger partial charge in [0, 0.05) is 6.07 Å². The molecule has 3 N–H and O–H groups in total. The summed E-state index contributed by atoms with van der Waals surface area (Å²) >= 11 is 0. The molecular formula is C18H16N2O3. The van der Waals surface area contributed by atoms with Crippen LogP contribution in [0.15, 0.2) is 54.1 Å². The van der Waals surface area contributed by atoms with Crippen LogP contribution in [0.3, 0.4) is 0 Å². The fraction of sp³-hybridized carbons (Fsp3) is 0.111. The van der Waals surface area contributed by atoms with Gasteiger partial charge in [-0.2, -0.15) is 5.26 Å². The van der Waals surface area contributed by atoms with Crippen LogP contribution in [0.25, 0.3) is 6.08 Å². The number of hydrogen-bond acceptors (Lipinski definition) is 4. The zero-order chi connectivity index (χ0) is 16.8. The zero-order valence-corrected chi connectivity index (χ0v) is 12.5. The first-order valence-corrected chi connectivity index (χ1v) is 7.00. The highest BCUT2D eigenvalue weighted by Gasteiger charge is 2.14. The highest BCUT2D eigenvalue weighted by atomic mass is 16.3. The molecule has 0 aliphatic rings. The van der Waals surface area contributed by atoms with Gasteiger partial charge in [-0.1, -0.05) is 30.3 Å². The molecule has 0 aromatic heterocycles. The van der Waals surface area contributed by atoms with Crippen molar-refractivity contribution in [3.8, 4) is 17.6 Å². The van der Waals surface area contributed by atoms with Crippen LogP contribution in [0.5, 0.6) is 11.5 Å². The number of nitrogens with one attached hydrogen (secondary N) is 1. The second-order valence-electron chi connectivity index (χ2n) is 5.06. The molecule has 1 unspecified atom stereocenters. The summed E-state index contributed by atoms with van der Waals surface area (Å²) < 4.78 is 0. The Morgan fingerprint density at radius 3 is 2.35 bits per heavy atom. The lowest BCUT2D eigenvalue weighted by Crippen LogP contribution is -2.27. The van der Waals surface area contributed by atoms with E-state index in [0.717, 1.165) is 5.56 Å². The minimum absolute atomic E-state index is 0.113. The van der Waals surface area contributed by atoms with E-state index in [4.69, 9.17) is 0 Å². The molecule has 0 bridgehead atoms. The molecule has 0 aliphatic heterocycles. The summed E-state index contributed by atoms with van der Waals surface area (Å²) in [5, 5.41) is 30.8. The van der Waals surface area contributed by atoms with Crippen molar-refractivity contribution >= 4 is 12.0 Å². The van der Waals surface area contributed by atoms with Gasteiger partial charge in [-0.15, -0.1) is 0 Å². The Bertz CT molecular complexity index is 756. The molecule has 116 valence electrons. The molecule has 0 heterocycles. The van der Waals surface area contributed by atoms with Crippen LogP contribution in [0, 0.1) is 11.3 Å². The summed E-state index contributed by atoms with van der Waals surface area (Å²) in [5.41, 5.74) is 1.17. The predicted molar refractivity (Wildman–Crippen MR) is 86.4 cm³/mol. The Morgan fingerprint density at radius 2 is 1.78 bits per heavy atom. The van der Waals surface area contributed by atoms with Gasteiger partial charge in [-0.3, -0.25) is 4.79 Å². The second-order valence-corrected chi connectivity index (χ2v) is 5.06. The van der Waals surface area contributed by atoms with Gasteiger partial charge in [0.15, 0.2) is 0 Å². The number of aromatic hydroxyl groups is 2. The van der Waals surface area contributed by atoms with Crippen LogP contribution in [0.4, 0.5) is 0 Å². The Kier molecular flexibility index (Phi) is 5.00. The van der Waals surface area contributed by atoms with Gasteiger partial charge in [-0.25, -0.2) is 0 Å². The second kappa shape index (κ2) is 7.14. The molecule has 1 atom stereocenters. The number of nitriles is 1. The Hall–Kier alpha value is -3.26. The number of carbonyl (C=O) groups is 1. The third-order valence-electron chi connectivity index (χ3n) is 3.25. The molecule has 0 fully saturated rings.